The van der Waals surface area contributed by atoms with Gasteiger partial charge < -0.3 is 0 Å². The van der Waals surface area contributed by atoms with Crippen LogP contribution in [0, 0.1) is 0 Å². The lowest BCUT2D eigenvalue weighted by Gasteiger charge is -2.12. The van der Waals surface area contributed by atoms with Gasteiger partial charge in [0.2, 0.25) is 0 Å². The second-order valence-corrected chi connectivity index (χ2v) is 38.6. The van der Waals surface area contributed by atoms with Crippen LogP contribution < -0.4 is 0 Å². The van der Waals surface area contributed by atoms with Crippen LogP contribution in [0.2, 0.25) is 0 Å². The highest BCUT2D eigenvalue weighted by atomic mass is 32.2. The molecule has 18 rings (SSSR count). The smallest absolute Gasteiger partial charge is 0.0585 e. The fourth-order valence-corrected chi connectivity index (χ4v) is 31.8. The number of allylic oxidation sites excluding steroid dienone is 12. The van der Waals surface area contributed by atoms with E-state index in [1.54, 1.807) is 0 Å². The van der Waals surface area contributed by atoms with Crippen molar-refractivity contribution < 1.29 is 0 Å². The summed E-state index contributed by atoms with van der Waals surface area (Å²) in [6.07, 6.45) is 5.22. The van der Waals surface area contributed by atoms with Crippen molar-refractivity contribution in [1.82, 2.24) is 0 Å². The van der Waals surface area contributed by atoms with Crippen LogP contribution in [0.4, 0.5) is 0 Å². The van der Waals surface area contributed by atoms with E-state index in [9.17, 15) is 0 Å². The monoisotopic (exact) mass is 1360 g/mol. The van der Waals surface area contributed by atoms with Crippen LogP contribution >= 0.6 is 188 Å². The summed E-state index contributed by atoms with van der Waals surface area (Å²) < 4.78 is 10.7. The van der Waals surface area contributed by atoms with E-state index in [2.05, 4.69) is 206 Å². The first-order valence-corrected chi connectivity index (χ1v) is 39.6. The maximum Gasteiger partial charge on any atom is 0.0585 e. The molecule has 0 radical (unpaired) electrons. The van der Waals surface area contributed by atoms with Gasteiger partial charge in [-0.1, -0.05) is 297 Å². The molecule has 8 aromatic rings. The van der Waals surface area contributed by atoms with Crippen LogP contribution in [0.25, 0.3) is 0 Å². The highest BCUT2D eigenvalue weighted by molar-refractivity contribution is 8.28. The van der Waals surface area contributed by atoms with Gasteiger partial charge in [0.25, 0.3) is 0 Å². The maximum atomic E-state index is 2.61. The minimum absolute atomic E-state index is 1.29. The molecular formula is C68H34S16. The molecule has 0 spiro atoms. The summed E-state index contributed by atoms with van der Waals surface area (Å²) in [6, 6.07) is 72.3. The third-order valence-electron chi connectivity index (χ3n) is 14.7. The van der Waals surface area contributed by atoms with E-state index in [1.165, 1.54) is 168 Å². The number of thioether (sulfide) groups is 16. The molecule has 0 aromatic heterocycles. The molecule has 0 N–H and O–H groups in total. The van der Waals surface area contributed by atoms with Crippen LogP contribution in [0.15, 0.2) is 374 Å². The summed E-state index contributed by atoms with van der Waals surface area (Å²) in [4.78, 5) is 21.1. The second kappa shape index (κ2) is 22.4. The molecule has 2 fully saturated rings. The Morgan fingerprint density at radius 1 is 0.143 bits per heavy atom. The standard InChI is InChI=1S/C68H34S16/c1-2-18-38-37(17-1)69-61(70-38)53-35(54(62-71-39-19-3-4-20-40(39)72-62)58(66-79-47-27-11-12-28-48(47)80-66)57(53)65-77-45-25-9-10-26-46(45)78-65)33-34-36-55(63-73-41-21-5-6-22-42(41)74-63)59(67-81-49-29-13-14-30-50(49)82-67)60(68-83-51-31-15-16-32-52(51)84-68)56(36)64-75-43-23-7-8-24-44(43)76-64/h1-34H. The lowest BCUT2D eigenvalue weighted by molar-refractivity contribution is 1.27. The number of rotatable bonds is 1. The third-order valence-corrected chi connectivity index (χ3v) is 35.1. The van der Waals surface area contributed by atoms with E-state index >= 15 is 0 Å². The van der Waals surface area contributed by atoms with Crippen molar-refractivity contribution in [2.24, 2.45) is 0 Å². The van der Waals surface area contributed by atoms with Gasteiger partial charge in [0.05, 0.1) is 33.9 Å². The first kappa shape index (κ1) is 53.8. The van der Waals surface area contributed by atoms with Gasteiger partial charge in [-0.25, -0.2) is 0 Å². The van der Waals surface area contributed by atoms with E-state index in [-0.39, 0.29) is 0 Å². The van der Waals surface area contributed by atoms with Crippen molar-refractivity contribution in [2.75, 3.05) is 0 Å². The van der Waals surface area contributed by atoms with Gasteiger partial charge in [-0.05, 0) is 108 Å². The number of benzene rings is 8. The van der Waals surface area contributed by atoms with Crippen molar-refractivity contribution in [3.8, 4) is 0 Å². The Labute approximate surface area is 555 Å². The van der Waals surface area contributed by atoms with Crippen LogP contribution in [-0.2, 0) is 0 Å². The van der Waals surface area contributed by atoms with Gasteiger partial charge in [-0.15, -0.1) is 0 Å². The highest BCUT2D eigenvalue weighted by Gasteiger charge is 2.46. The summed E-state index contributed by atoms with van der Waals surface area (Å²) in [5.74, 6) is 0. The Bertz CT molecular complexity index is 3880. The van der Waals surface area contributed by atoms with E-state index in [0.29, 0.717) is 0 Å². The fraction of sp³-hybridized carbons (Fsp3) is 0. The Morgan fingerprint density at radius 3 is 0.369 bits per heavy atom. The summed E-state index contributed by atoms with van der Waals surface area (Å²) in [5, 5.41) is 0. The normalized spacial score (nSPS) is 19.0. The average Bonchev–Trinajstić information content (AvgIpc) is 4.48. The molecule has 0 amide bonds. The zero-order valence-corrected chi connectivity index (χ0v) is 56.2. The lowest BCUT2D eigenvalue weighted by Crippen LogP contribution is -1.91. The molecular weight excluding hydrogens is 1330 g/mol. The summed E-state index contributed by atoms with van der Waals surface area (Å²) in [6.45, 7) is 0. The van der Waals surface area contributed by atoms with Crippen LogP contribution in [0.1, 0.15) is 0 Å². The predicted octanol–water partition coefficient (Wildman–Crippen LogP) is 25.7. The van der Waals surface area contributed by atoms with Crippen molar-refractivity contribution in [1.29, 1.82) is 0 Å². The molecule has 0 bridgehead atoms. The van der Waals surface area contributed by atoms with Crippen LogP contribution in [-0.4, -0.2) is 0 Å². The molecule has 402 valence electrons. The van der Waals surface area contributed by atoms with Gasteiger partial charge in [0, 0.05) is 123 Å². The maximum absolute atomic E-state index is 2.61. The molecule has 2 aliphatic carbocycles. The zero-order chi connectivity index (χ0) is 55.0. The number of hydrogen-bond donors (Lipinski definition) is 0. The van der Waals surface area contributed by atoms with Gasteiger partial charge in [-0.3, -0.25) is 0 Å². The zero-order valence-electron chi connectivity index (χ0n) is 43.2. The van der Waals surface area contributed by atoms with Crippen molar-refractivity contribution >= 4 is 188 Å². The van der Waals surface area contributed by atoms with Gasteiger partial charge >= 0.3 is 0 Å². The average molecular weight is 1360 g/mol. The van der Waals surface area contributed by atoms with Crippen LogP contribution in [0.3, 0.4) is 0 Å². The molecule has 0 saturated heterocycles. The first-order chi connectivity index (χ1) is 41.6. The second-order valence-electron chi connectivity index (χ2n) is 19.7. The molecule has 8 heterocycles. The van der Waals surface area contributed by atoms with Crippen molar-refractivity contribution in [2.45, 2.75) is 78.3 Å². The first-order valence-electron chi connectivity index (χ1n) is 26.6. The van der Waals surface area contributed by atoms with Crippen molar-refractivity contribution in [3.05, 3.63) is 296 Å². The molecule has 2 saturated carbocycles. The van der Waals surface area contributed by atoms with Gasteiger partial charge in [0.1, 0.15) is 0 Å². The Balaban J connectivity index is 0.966. The quantitative estimate of drug-likeness (QED) is 0.153. The predicted molar refractivity (Wildman–Crippen MR) is 378 cm³/mol. The fourth-order valence-electron chi connectivity index (χ4n) is 11.0. The topological polar surface area (TPSA) is 0 Å². The van der Waals surface area contributed by atoms with E-state index < -0.39 is 0 Å². The highest BCUT2D eigenvalue weighted by Crippen LogP contribution is 2.72. The third kappa shape index (κ3) is 9.34. The summed E-state index contributed by atoms with van der Waals surface area (Å²) >= 11 is 31.3. The molecule has 8 aromatic carbocycles. The molecule has 8 aliphatic heterocycles. The SMILES string of the molecule is C(C=C1C(=C2Sc3ccccc3S2)C(=C2Sc3ccccc3S2)C(=C2Sc3ccccc3S2)C1=C1Sc2ccccc2S1)=C1C(=C2Sc3ccccc3S2)C(=C2Sc3ccccc3S2)C(=C2Sc3ccccc3S2)C1=C1Sc2ccccc2S1. The van der Waals surface area contributed by atoms with Crippen molar-refractivity contribution in [3.63, 3.8) is 0 Å². The van der Waals surface area contributed by atoms with E-state index in [4.69, 9.17) is 0 Å². The van der Waals surface area contributed by atoms with Gasteiger partial charge in [0.15, 0.2) is 0 Å². The molecule has 10 aliphatic rings. The largest absolute Gasteiger partial charge is 0.0809 e. The van der Waals surface area contributed by atoms with Crippen LogP contribution in [0.5, 0.6) is 0 Å². The number of fused-ring (bicyclic) bond motifs is 8. The summed E-state index contributed by atoms with van der Waals surface area (Å²) in [5.41, 5.74) is 13.3. The molecule has 84 heavy (non-hydrogen) atoms. The summed E-state index contributed by atoms with van der Waals surface area (Å²) in [7, 11) is 0. The molecule has 0 nitrogen and oxygen atoms in total. The minimum Gasteiger partial charge on any atom is -0.0809 e. The van der Waals surface area contributed by atoms with E-state index in [1.807, 2.05) is 188 Å². The Morgan fingerprint density at radius 2 is 0.250 bits per heavy atom. The molecule has 16 heteroatoms. The Hall–Kier alpha value is -3.24. The van der Waals surface area contributed by atoms with Gasteiger partial charge in [-0.2, -0.15) is 0 Å². The molecule has 0 atom stereocenters. The lowest BCUT2D eigenvalue weighted by atomic mass is 10.0. The molecule has 0 unspecified atom stereocenters. The number of hydrogen-bond acceptors (Lipinski definition) is 16. The van der Waals surface area contributed by atoms with E-state index in [0.717, 1.165) is 0 Å². The minimum atomic E-state index is 1.29. The Kier molecular flexibility index (Phi) is 14.3.